The smallest absolute Gasteiger partial charge is 0.338 e. The Morgan fingerprint density at radius 1 is 0.958 bits per heavy atom. The molecule has 0 N–H and O–H groups in total. The van der Waals surface area contributed by atoms with Crippen LogP contribution in [0.3, 0.4) is 0 Å². The van der Waals surface area contributed by atoms with Gasteiger partial charge in [0.2, 0.25) is 0 Å². The summed E-state index contributed by atoms with van der Waals surface area (Å²) in [6, 6.07) is 16.9. The van der Waals surface area contributed by atoms with Crippen LogP contribution in [0.4, 0.5) is 0 Å². The number of carbonyl (C=O) groups excluding carboxylic acids is 2. The lowest BCUT2D eigenvalue weighted by Crippen LogP contribution is -2.10. The summed E-state index contributed by atoms with van der Waals surface area (Å²) >= 11 is 0. The highest BCUT2D eigenvalue weighted by Crippen LogP contribution is 2.24. The number of benzene rings is 2. The molecular weight excluding hydrogens is 304 g/mol. The Kier molecular flexibility index (Phi) is 6.32. The first-order valence-corrected chi connectivity index (χ1v) is 7.77. The van der Waals surface area contributed by atoms with Crippen LogP contribution in [-0.2, 0) is 25.7 Å². The second kappa shape index (κ2) is 8.67. The molecule has 0 heterocycles. The molecule has 0 saturated carbocycles. The van der Waals surface area contributed by atoms with Crippen molar-refractivity contribution >= 4 is 23.6 Å². The van der Waals surface area contributed by atoms with E-state index in [4.69, 9.17) is 9.47 Å². The standard InChI is InChI=1S/C20H20O4/c1-3-23-20(22)19(13-16-9-5-4-6-10-16)18-12-8-7-11-17(18)14-24-15(2)21/h4-13H,3,14H2,1-2H3/b19-13+. The summed E-state index contributed by atoms with van der Waals surface area (Å²) in [7, 11) is 0. The summed E-state index contributed by atoms with van der Waals surface area (Å²) < 4.78 is 10.3. The lowest BCUT2D eigenvalue weighted by molar-refractivity contribution is -0.142. The van der Waals surface area contributed by atoms with E-state index in [2.05, 4.69) is 0 Å². The molecule has 0 aromatic heterocycles. The van der Waals surface area contributed by atoms with E-state index in [0.717, 1.165) is 11.1 Å². The van der Waals surface area contributed by atoms with Crippen LogP contribution in [0.15, 0.2) is 54.6 Å². The van der Waals surface area contributed by atoms with Gasteiger partial charge < -0.3 is 9.47 Å². The van der Waals surface area contributed by atoms with E-state index < -0.39 is 5.97 Å². The predicted molar refractivity (Wildman–Crippen MR) is 92.9 cm³/mol. The van der Waals surface area contributed by atoms with Gasteiger partial charge >= 0.3 is 11.9 Å². The Balaban J connectivity index is 2.46. The van der Waals surface area contributed by atoms with Crippen LogP contribution in [0.25, 0.3) is 11.6 Å². The maximum absolute atomic E-state index is 12.4. The summed E-state index contributed by atoms with van der Waals surface area (Å²) in [6.45, 7) is 3.52. The predicted octanol–water partition coefficient (Wildman–Crippen LogP) is 3.85. The van der Waals surface area contributed by atoms with Crippen LogP contribution in [0, 0.1) is 0 Å². The van der Waals surface area contributed by atoms with Crippen LogP contribution in [-0.4, -0.2) is 18.5 Å². The highest BCUT2D eigenvalue weighted by Gasteiger charge is 2.17. The average molecular weight is 324 g/mol. The molecule has 2 aromatic carbocycles. The van der Waals surface area contributed by atoms with Gasteiger partial charge in [-0.25, -0.2) is 4.79 Å². The molecule has 0 radical (unpaired) electrons. The van der Waals surface area contributed by atoms with E-state index in [9.17, 15) is 9.59 Å². The fourth-order valence-electron chi connectivity index (χ4n) is 2.26. The van der Waals surface area contributed by atoms with Gasteiger partial charge in [-0.2, -0.15) is 0 Å². The van der Waals surface area contributed by atoms with Gasteiger partial charge in [0.15, 0.2) is 0 Å². The first kappa shape index (κ1) is 17.5. The number of rotatable bonds is 6. The third-order valence-electron chi connectivity index (χ3n) is 3.34. The fourth-order valence-corrected chi connectivity index (χ4v) is 2.26. The van der Waals surface area contributed by atoms with Crippen molar-refractivity contribution < 1.29 is 19.1 Å². The minimum atomic E-state index is -0.406. The zero-order chi connectivity index (χ0) is 17.4. The molecule has 0 aliphatic heterocycles. The van der Waals surface area contributed by atoms with Crippen LogP contribution in [0.2, 0.25) is 0 Å². The Morgan fingerprint density at radius 3 is 2.29 bits per heavy atom. The summed E-state index contributed by atoms with van der Waals surface area (Å²) in [4.78, 5) is 23.5. The van der Waals surface area contributed by atoms with Crippen molar-refractivity contribution in [2.45, 2.75) is 20.5 Å². The van der Waals surface area contributed by atoms with E-state index in [1.54, 1.807) is 13.0 Å². The van der Waals surface area contributed by atoms with Crippen LogP contribution < -0.4 is 0 Å². The molecule has 0 aliphatic carbocycles. The Hall–Kier alpha value is -2.88. The lowest BCUT2D eigenvalue weighted by Gasteiger charge is -2.13. The number of hydrogen-bond donors (Lipinski definition) is 0. The van der Waals surface area contributed by atoms with E-state index in [-0.39, 0.29) is 19.2 Å². The molecule has 2 aromatic rings. The average Bonchev–Trinajstić information content (AvgIpc) is 2.59. The minimum absolute atomic E-state index is 0.108. The van der Waals surface area contributed by atoms with Gasteiger partial charge in [0.1, 0.15) is 6.61 Å². The van der Waals surface area contributed by atoms with Gasteiger partial charge in [-0.15, -0.1) is 0 Å². The second-order valence-electron chi connectivity index (χ2n) is 5.13. The molecule has 0 unspecified atom stereocenters. The van der Waals surface area contributed by atoms with E-state index in [1.807, 2.05) is 54.6 Å². The van der Waals surface area contributed by atoms with Crippen molar-refractivity contribution in [2.75, 3.05) is 6.61 Å². The number of esters is 2. The second-order valence-corrected chi connectivity index (χ2v) is 5.13. The molecule has 124 valence electrons. The molecule has 0 spiro atoms. The normalized spacial score (nSPS) is 11.0. The molecule has 4 heteroatoms. The lowest BCUT2D eigenvalue weighted by atomic mass is 9.98. The van der Waals surface area contributed by atoms with Crippen molar-refractivity contribution in [2.24, 2.45) is 0 Å². The quantitative estimate of drug-likeness (QED) is 0.460. The highest BCUT2D eigenvalue weighted by atomic mass is 16.5. The Labute approximate surface area is 141 Å². The van der Waals surface area contributed by atoms with Crippen molar-refractivity contribution in [1.82, 2.24) is 0 Å². The van der Waals surface area contributed by atoms with Gasteiger partial charge in [0.05, 0.1) is 12.2 Å². The van der Waals surface area contributed by atoms with Gasteiger partial charge in [-0.3, -0.25) is 4.79 Å². The molecule has 0 amide bonds. The molecule has 0 aliphatic rings. The highest BCUT2D eigenvalue weighted by molar-refractivity contribution is 6.22. The molecule has 0 saturated heterocycles. The molecule has 2 rings (SSSR count). The van der Waals surface area contributed by atoms with Crippen molar-refractivity contribution in [1.29, 1.82) is 0 Å². The van der Waals surface area contributed by atoms with E-state index in [0.29, 0.717) is 11.1 Å². The third-order valence-corrected chi connectivity index (χ3v) is 3.34. The summed E-state index contributed by atoms with van der Waals surface area (Å²) in [5, 5.41) is 0. The van der Waals surface area contributed by atoms with Gasteiger partial charge in [-0.05, 0) is 29.7 Å². The molecule has 4 nitrogen and oxygen atoms in total. The topological polar surface area (TPSA) is 52.6 Å². The summed E-state index contributed by atoms with van der Waals surface area (Å²) in [6.07, 6.45) is 1.78. The summed E-state index contributed by atoms with van der Waals surface area (Å²) in [5.41, 5.74) is 2.78. The van der Waals surface area contributed by atoms with Gasteiger partial charge in [0, 0.05) is 6.92 Å². The largest absolute Gasteiger partial charge is 0.462 e. The third kappa shape index (κ3) is 4.81. The van der Waals surface area contributed by atoms with Crippen LogP contribution in [0.5, 0.6) is 0 Å². The van der Waals surface area contributed by atoms with Crippen molar-refractivity contribution in [3.8, 4) is 0 Å². The first-order chi connectivity index (χ1) is 11.6. The van der Waals surface area contributed by atoms with Crippen LogP contribution in [0.1, 0.15) is 30.5 Å². The Bertz CT molecular complexity index is 732. The number of carbonyl (C=O) groups is 2. The minimum Gasteiger partial charge on any atom is -0.462 e. The van der Waals surface area contributed by atoms with Crippen LogP contribution >= 0.6 is 0 Å². The SMILES string of the molecule is CCOC(=O)/C(=C/c1ccccc1)c1ccccc1COC(C)=O. The monoisotopic (exact) mass is 324 g/mol. The molecule has 24 heavy (non-hydrogen) atoms. The maximum Gasteiger partial charge on any atom is 0.338 e. The first-order valence-electron chi connectivity index (χ1n) is 7.77. The number of hydrogen-bond acceptors (Lipinski definition) is 4. The van der Waals surface area contributed by atoms with E-state index >= 15 is 0 Å². The van der Waals surface area contributed by atoms with Crippen molar-refractivity contribution in [3.05, 3.63) is 71.3 Å². The number of ether oxygens (including phenoxy) is 2. The zero-order valence-electron chi connectivity index (χ0n) is 13.8. The fraction of sp³-hybridized carbons (Fsp3) is 0.200. The molecule has 0 bridgehead atoms. The zero-order valence-corrected chi connectivity index (χ0v) is 13.8. The van der Waals surface area contributed by atoms with Crippen molar-refractivity contribution in [3.63, 3.8) is 0 Å². The van der Waals surface area contributed by atoms with Gasteiger partial charge in [-0.1, -0.05) is 54.6 Å². The Morgan fingerprint density at radius 2 is 1.62 bits per heavy atom. The maximum atomic E-state index is 12.4. The van der Waals surface area contributed by atoms with E-state index in [1.165, 1.54) is 6.92 Å². The molecule has 0 fully saturated rings. The molecular formula is C20H20O4. The summed E-state index contributed by atoms with van der Waals surface area (Å²) in [5.74, 6) is -0.772. The van der Waals surface area contributed by atoms with Gasteiger partial charge in [0.25, 0.3) is 0 Å². The molecule has 0 atom stereocenters.